The SMILES string of the molecule is [Ir+3].[c-]1cc(-c2ccccc2-c2cc(-c3ccccc3-c3c[c-]c(-c4ccccn4)cc3)cc(-c3ccccc3-c3c[c-]c(-c4ccccn4)cc3-c3cccc(-c4ccccc4)c3)c2)ccc1-c1ccccn1. The van der Waals surface area contributed by atoms with E-state index in [1.165, 1.54) is 5.56 Å². The summed E-state index contributed by atoms with van der Waals surface area (Å²) in [4.78, 5) is 13.9. The van der Waals surface area contributed by atoms with Crippen molar-refractivity contribution in [1.82, 2.24) is 15.0 Å². The van der Waals surface area contributed by atoms with Crippen molar-refractivity contribution < 1.29 is 20.1 Å². The second-order valence-electron chi connectivity index (χ2n) is 17.7. The van der Waals surface area contributed by atoms with Gasteiger partial charge in [0.2, 0.25) is 0 Å². The summed E-state index contributed by atoms with van der Waals surface area (Å²) in [5.74, 6) is 0. The summed E-state index contributed by atoms with van der Waals surface area (Å²) in [5, 5.41) is 0. The molecule has 344 valence electrons. The van der Waals surface area contributed by atoms with Crippen molar-refractivity contribution in [2.24, 2.45) is 0 Å². The summed E-state index contributed by atoms with van der Waals surface area (Å²) < 4.78 is 0. The quantitative estimate of drug-likeness (QED) is 0.121. The van der Waals surface area contributed by atoms with Crippen molar-refractivity contribution >= 4 is 0 Å². The van der Waals surface area contributed by atoms with Crippen molar-refractivity contribution in [1.29, 1.82) is 0 Å². The third-order valence-corrected chi connectivity index (χ3v) is 13.2. The van der Waals surface area contributed by atoms with Crippen molar-refractivity contribution in [3.05, 3.63) is 286 Å². The third-order valence-electron chi connectivity index (χ3n) is 13.2. The van der Waals surface area contributed by atoms with Gasteiger partial charge < -0.3 is 15.0 Å². The van der Waals surface area contributed by atoms with Crippen molar-refractivity contribution in [2.45, 2.75) is 0 Å². The summed E-state index contributed by atoms with van der Waals surface area (Å²) in [7, 11) is 0. The topological polar surface area (TPSA) is 38.7 Å². The molecule has 3 nitrogen and oxygen atoms in total. The summed E-state index contributed by atoms with van der Waals surface area (Å²) in [6, 6.07) is 98.5. The summed E-state index contributed by atoms with van der Waals surface area (Å²) in [5.41, 5.74) is 23.2. The average molecular weight is 1110 g/mol. The van der Waals surface area contributed by atoms with Crippen molar-refractivity contribution in [3.63, 3.8) is 0 Å². The molecule has 0 saturated heterocycles. The van der Waals surface area contributed by atoms with Crippen LogP contribution in [0.15, 0.2) is 267 Å². The van der Waals surface area contributed by atoms with E-state index >= 15 is 0 Å². The van der Waals surface area contributed by atoms with Gasteiger partial charge in [-0.1, -0.05) is 197 Å². The van der Waals surface area contributed by atoms with Gasteiger partial charge in [-0.05, 0) is 110 Å². The zero-order chi connectivity index (χ0) is 48.1. The van der Waals surface area contributed by atoms with Gasteiger partial charge in [-0.15, -0.1) is 83.4 Å². The number of pyridine rings is 3. The second kappa shape index (κ2) is 21.2. The van der Waals surface area contributed by atoms with Crippen LogP contribution in [0.2, 0.25) is 0 Å². The Morgan fingerprint density at radius 2 is 0.603 bits per heavy atom. The molecule has 12 rings (SSSR count). The van der Waals surface area contributed by atoms with Gasteiger partial charge in [0.15, 0.2) is 0 Å². The van der Waals surface area contributed by atoms with E-state index in [4.69, 9.17) is 4.98 Å². The largest absolute Gasteiger partial charge is 3.00 e. The van der Waals surface area contributed by atoms with E-state index in [2.05, 4.69) is 222 Å². The summed E-state index contributed by atoms with van der Waals surface area (Å²) in [6.07, 6.45) is 5.49. The maximum absolute atomic E-state index is 4.75. The van der Waals surface area contributed by atoms with Crippen LogP contribution in [-0.4, -0.2) is 15.0 Å². The second-order valence-corrected chi connectivity index (χ2v) is 17.7. The Labute approximate surface area is 440 Å². The van der Waals surface area contributed by atoms with Crippen LogP contribution in [0.1, 0.15) is 0 Å². The zero-order valence-corrected chi connectivity index (χ0v) is 42.0. The molecule has 0 aliphatic heterocycles. The van der Waals surface area contributed by atoms with Crippen LogP contribution in [0.25, 0.3) is 123 Å². The standard InChI is InChI=1S/C69H44N3.Ir/c1-2-17-48(18-3-1)53-19-16-20-54(43-53)66-47-55(69-29-12-15-42-72-69)38-39-65(66)64-26-9-8-25-63(64)58-45-56(61-23-6-4-21-59(61)49-30-34-51(35-31-49)67-27-10-13-40-70-67)44-57(46-58)62-24-7-5-22-60(62)50-32-36-52(37-33-50)68-28-11-14-41-71-68;/h1-34,36,39-47H;/q-3;+3. The first-order chi connectivity index (χ1) is 35.7. The molecule has 0 saturated carbocycles. The predicted octanol–water partition coefficient (Wildman–Crippen LogP) is 17.6. The minimum absolute atomic E-state index is 0. The molecule has 0 amide bonds. The third kappa shape index (κ3) is 9.79. The summed E-state index contributed by atoms with van der Waals surface area (Å²) in [6.45, 7) is 0. The Balaban J connectivity index is 0.00000574. The monoisotopic (exact) mass is 1110 g/mol. The van der Waals surface area contributed by atoms with E-state index in [1.54, 1.807) is 0 Å². The van der Waals surface area contributed by atoms with Crippen LogP contribution >= 0.6 is 0 Å². The molecule has 0 aliphatic carbocycles. The Morgan fingerprint density at radius 1 is 0.219 bits per heavy atom. The Morgan fingerprint density at radius 3 is 1.07 bits per heavy atom. The average Bonchev–Trinajstić information content (AvgIpc) is 3.48. The number of hydrogen-bond donors (Lipinski definition) is 0. The number of aromatic nitrogens is 3. The molecular formula is C69H44IrN3. The summed E-state index contributed by atoms with van der Waals surface area (Å²) >= 11 is 0. The first-order valence-electron chi connectivity index (χ1n) is 24.1. The molecule has 0 N–H and O–H groups in total. The van der Waals surface area contributed by atoms with Crippen LogP contribution in [0.3, 0.4) is 0 Å². The number of benzene rings is 9. The van der Waals surface area contributed by atoms with E-state index in [-0.39, 0.29) is 20.1 Å². The van der Waals surface area contributed by atoms with Crippen molar-refractivity contribution in [2.75, 3.05) is 0 Å². The smallest absolute Gasteiger partial charge is 0.305 e. The fraction of sp³-hybridized carbons (Fsp3) is 0. The van der Waals surface area contributed by atoms with Gasteiger partial charge >= 0.3 is 20.1 Å². The number of rotatable bonds is 11. The molecule has 9 aromatic carbocycles. The van der Waals surface area contributed by atoms with Gasteiger partial charge in [0, 0.05) is 18.6 Å². The van der Waals surface area contributed by atoms with Crippen LogP contribution in [-0.2, 0) is 20.1 Å². The van der Waals surface area contributed by atoms with Gasteiger partial charge in [-0.25, -0.2) is 0 Å². The molecule has 3 aromatic heterocycles. The van der Waals surface area contributed by atoms with E-state index in [0.717, 1.165) is 117 Å². The molecule has 12 aromatic rings. The van der Waals surface area contributed by atoms with Gasteiger partial charge in [0.05, 0.1) is 0 Å². The van der Waals surface area contributed by atoms with Gasteiger partial charge in [-0.3, -0.25) is 0 Å². The predicted molar refractivity (Wildman–Crippen MR) is 296 cm³/mol. The molecule has 0 spiro atoms. The van der Waals surface area contributed by atoms with Crippen LogP contribution in [0.4, 0.5) is 0 Å². The Bertz CT molecular complexity index is 3680. The molecule has 3 heterocycles. The Kier molecular flexibility index (Phi) is 13.5. The molecule has 0 aliphatic rings. The molecule has 0 atom stereocenters. The number of nitrogens with zero attached hydrogens (tertiary/aromatic N) is 3. The normalized spacial score (nSPS) is 10.9. The van der Waals surface area contributed by atoms with Gasteiger partial charge in [-0.2, -0.15) is 0 Å². The first kappa shape index (κ1) is 46.5. The maximum Gasteiger partial charge on any atom is 3.00 e. The first-order valence-corrected chi connectivity index (χ1v) is 24.1. The van der Waals surface area contributed by atoms with E-state index in [9.17, 15) is 0 Å². The van der Waals surface area contributed by atoms with Crippen LogP contribution in [0.5, 0.6) is 0 Å². The van der Waals surface area contributed by atoms with Crippen LogP contribution in [0, 0.1) is 18.2 Å². The minimum Gasteiger partial charge on any atom is -0.305 e. The molecule has 0 bridgehead atoms. The molecule has 0 radical (unpaired) electrons. The van der Waals surface area contributed by atoms with Gasteiger partial charge in [0.25, 0.3) is 0 Å². The molecule has 0 fully saturated rings. The van der Waals surface area contributed by atoms with Gasteiger partial charge in [0.1, 0.15) is 0 Å². The Hall–Kier alpha value is -8.92. The van der Waals surface area contributed by atoms with Crippen LogP contribution < -0.4 is 0 Å². The number of hydrogen-bond acceptors (Lipinski definition) is 3. The van der Waals surface area contributed by atoms with E-state index in [0.29, 0.717) is 0 Å². The fourth-order valence-corrected chi connectivity index (χ4v) is 9.70. The minimum atomic E-state index is 0. The molecule has 0 unspecified atom stereocenters. The molecular weight excluding hydrogens is 1060 g/mol. The molecule has 73 heavy (non-hydrogen) atoms. The molecule has 4 heteroatoms. The maximum atomic E-state index is 4.75. The fourth-order valence-electron chi connectivity index (χ4n) is 9.70. The zero-order valence-electron chi connectivity index (χ0n) is 39.6. The van der Waals surface area contributed by atoms with E-state index < -0.39 is 0 Å². The van der Waals surface area contributed by atoms with Crippen molar-refractivity contribution in [3.8, 4) is 123 Å². The van der Waals surface area contributed by atoms with E-state index in [1.807, 2.05) is 73.2 Å².